The lowest BCUT2D eigenvalue weighted by molar-refractivity contribution is 0.0639. The van der Waals surface area contributed by atoms with Crippen molar-refractivity contribution >= 4 is 0 Å². The smallest absolute Gasteiger partial charge is 0.316 e. The van der Waals surface area contributed by atoms with E-state index in [4.69, 9.17) is 14.2 Å². The van der Waals surface area contributed by atoms with Gasteiger partial charge < -0.3 is 19.5 Å². The number of hydrogen-bond acceptors (Lipinski definition) is 6. The summed E-state index contributed by atoms with van der Waals surface area (Å²) in [5, 5.41) is 3.07. The Bertz CT molecular complexity index is 361. The van der Waals surface area contributed by atoms with E-state index in [1.54, 1.807) is 13.3 Å². The molecule has 1 aromatic rings. The lowest BCUT2D eigenvalue weighted by Gasteiger charge is -2.08. The molecule has 0 unspecified atom stereocenters. The van der Waals surface area contributed by atoms with Crippen molar-refractivity contribution in [3.05, 3.63) is 17.5 Å². The van der Waals surface area contributed by atoms with Crippen LogP contribution in [0.25, 0.3) is 0 Å². The van der Waals surface area contributed by atoms with Crippen LogP contribution < -0.4 is 10.1 Å². The minimum atomic E-state index is 0.425. The fourth-order valence-electron chi connectivity index (χ4n) is 1.47. The molecule has 1 heterocycles. The Morgan fingerprint density at radius 1 is 1.21 bits per heavy atom. The second-order valence-electron chi connectivity index (χ2n) is 4.10. The van der Waals surface area contributed by atoms with E-state index in [1.807, 2.05) is 14.0 Å². The first kappa shape index (κ1) is 15.8. The quantitative estimate of drug-likeness (QED) is 0.638. The summed E-state index contributed by atoms with van der Waals surface area (Å²) in [7, 11) is 3.55. The number of nitrogens with zero attached hydrogens (tertiary/aromatic N) is 2. The van der Waals surface area contributed by atoms with E-state index < -0.39 is 0 Å². The zero-order valence-electron chi connectivity index (χ0n) is 11.9. The van der Waals surface area contributed by atoms with E-state index in [0.29, 0.717) is 32.4 Å². The number of hydrogen-bond donors (Lipinski definition) is 1. The Morgan fingerprint density at radius 3 is 2.74 bits per heavy atom. The molecule has 0 bridgehead atoms. The lowest BCUT2D eigenvalue weighted by Crippen LogP contribution is -2.10. The van der Waals surface area contributed by atoms with E-state index in [1.165, 1.54) is 0 Å². The molecular weight excluding hydrogens is 246 g/mol. The van der Waals surface area contributed by atoms with Gasteiger partial charge >= 0.3 is 6.01 Å². The highest BCUT2D eigenvalue weighted by Gasteiger charge is 2.03. The molecule has 0 aromatic carbocycles. The van der Waals surface area contributed by atoms with Crippen LogP contribution in [0.15, 0.2) is 6.20 Å². The summed E-state index contributed by atoms with van der Waals surface area (Å²) in [5.41, 5.74) is 2.02. The van der Waals surface area contributed by atoms with Gasteiger partial charge in [0.05, 0.1) is 19.8 Å². The van der Waals surface area contributed by atoms with Gasteiger partial charge in [-0.15, -0.1) is 0 Å². The second kappa shape index (κ2) is 9.66. The zero-order valence-corrected chi connectivity index (χ0v) is 11.9. The molecule has 6 heteroatoms. The monoisotopic (exact) mass is 269 g/mol. The van der Waals surface area contributed by atoms with Crippen LogP contribution in [0.5, 0.6) is 6.01 Å². The molecule has 0 amide bonds. The van der Waals surface area contributed by atoms with Crippen LogP contribution in [0.4, 0.5) is 0 Å². The topological polar surface area (TPSA) is 65.5 Å². The third-order valence-corrected chi connectivity index (χ3v) is 2.52. The van der Waals surface area contributed by atoms with Crippen molar-refractivity contribution in [1.82, 2.24) is 15.3 Å². The number of ether oxygens (including phenoxy) is 3. The first-order valence-electron chi connectivity index (χ1n) is 6.44. The third kappa shape index (κ3) is 6.47. The number of rotatable bonds is 10. The Kier molecular flexibility index (Phi) is 8.04. The van der Waals surface area contributed by atoms with Gasteiger partial charge in [-0.05, 0) is 14.0 Å². The summed E-state index contributed by atoms with van der Waals surface area (Å²) in [5.74, 6) is 0. The zero-order chi connectivity index (χ0) is 13.9. The summed E-state index contributed by atoms with van der Waals surface area (Å²) in [6.45, 7) is 5.16. The number of aryl methyl sites for hydroxylation is 1. The van der Waals surface area contributed by atoms with Crippen LogP contribution >= 0.6 is 0 Å². The van der Waals surface area contributed by atoms with E-state index >= 15 is 0 Å². The van der Waals surface area contributed by atoms with Crippen LogP contribution in [0.2, 0.25) is 0 Å². The predicted octanol–water partition coefficient (Wildman–Crippen LogP) is 0.936. The molecule has 1 rings (SSSR count). The van der Waals surface area contributed by atoms with Gasteiger partial charge in [0.15, 0.2) is 0 Å². The molecule has 0 saturated heterocycles. The van der Waals surface area contributed by atoms with Crippen molar-refractivity contribution in [2.45, 2.75) is 19.9 Å². The first-order chi connectivity index (χ1) is 9.27. The molecule has 19 heavy (non-hydrogen) atoms. The van der Waals surface area contributed by atoms with Crippen molar-refractivity contribution in [3.8, 4) is 6.01 Å². The molecule has 1 aromatic heterocycles. The van der Waals surface area contributed by atoms with Crippen LogP contribution in [0, 0.1) is 6.92 Å². The van der Waals surface area contributed by atoms with Crippen LogP contribution in [-0.2, 0) is 16.0 Å². The summed E-state index contributed by atoms with van der Waals surface area (Å²) in [6, 6.07) is 0.425. The molecule has 0 fully saturated rings. The van der Waals surface area contributed by atoms with Gasteiger partial charge in [0.2, 0.25) is 0 Å². The summed E-state index contributed by atoms with van der Waals surface area (Å²) in [4.78, 5) is 8.48. The minimum Gasteiger partial charge on any atom is -0.463 e. The average Bonchev–Trinajstić information content (AvgIpc) is 2.41. The summed E-state index contributed by atoms with van der Waals surface area (Å²) < 4.78 is 15.7. The van der Waals surface area contributed by atoms with Gasteiger partial charge in [0.1, 0.15) is 0 Å². The number of aromatic nitrogens is 2. The lowest BCUT2D eigenvalue weighted by atomic mass is 10.2. The molecule has 1 N–H and O–H groups in total. The highest BCUT2D eigenvalue weighted by Crippen LogP contribution is 2.08. The standard InChI is InChI=1S/C13H23N3O3/c1-11-12(9-14-2)10-15-13(16-11)19-6-4-5-18-8-7-17-3/h10,14H,4-9H2,1-3H3. The highest BCUT2D eigenvalue weighted by molar-refractivity contribution is 5.17. The molecular formula is C13H23N3O3. The predicted molar refractivity (Wildman–Crippen MR) is 72.3 cm³/mol. The maximum atomic E-state index is 5.47. The van der Waals surface area contributed by atoms with Gasteiger partial charge in [-0.2, -0.15) is 0 Å². The molecule has 0 radical (unpaired) electrons. The normalized spacial score (nSPS) is 10.7. The van der Waals surface area contributed by atoms with Gasteiger partial charge in [-0.25, -0.2) is 9.97 Å². The second-order valence-corrected chi connectivity index (χ2v) is 4.10. The van der Waals surface area contributed by atoms with E-state index in [9.17, 15) is 0 Å². The molecule has 0 atom stereocenters. The molecule has 0 saturated carbocycles. The summed E-state index contributed by atoms with van der Waals surface area (Å²) >= 11 is 0. The molecule has 0 aliphatic heterocycles. The van der Waals surface area contributed by atoms with Crippen LogP contribution in [0.3, 0.4) is 0 Å². The van der Waals surface area contributed by atoms with Crippen LogP contribution in [-0.4, -0.2) is 50.6 Å². The van der Waals surface area contributed by atoms with Crippen LogP contribution in [0.1, 0.15) is 17.7 Å². The fraction of sp³-hybridized carbons (Fsp3) is 0.692. The van der Waals surface area contributed by atoms with Gasteiger partial charge in [0, 0.05) is 44.1 Å². The van der Waals surface area contributed by atoms with E-state index in [-0.39, 0.29) is 0 Å². The van der Waals surface area contributed by atoms with Crippen molar-refractivity contribution in [3.63, 3.8) is 0 Å². The van der Waals surface area contributed by atoms with Gasteiger partial charge in [0.25, 0.3) is 0 Å². The van der Waals surface area contributed by atoms with Crippen molar-refractivity contribution < 1.29 is 14.2 Å². The van der Waals surface area contributed by atoms with E-state index in [2.05, 4.69) is 15.3 Å². The van der Waals surface area contributed by atoms with Crippen molar-refractivity contribution in [2.24, 2.45) is 0 Å². The molecule has 0 aliphatic rings. The Balaban J connectivity index is 2.20. The molecule has 6 nitrogen and oxygen atoms in total. The molecule has 0 spiro atoms. The van der Waals surface area contributed by atoms with Gasteiger partial charge in [-0.1, -0.05) is 0 Å². The largest absolute Gasteiger partial charge is 0.463 e. The van der Waals surface area contributed by atoms with Crippen molar-refractivity contribution in [1.29, 1.82) is 0 Å². The van der Waals surface area contributed by atoms with E-state index in [0.717, 1.165) is 24.2 Å². The third-order valence-electron chi connectivity index (χ3n) is 2.52. The highest BCUT2D eigenvalue weighted by atomic mass is 16.5. The average molecular weight is 269 g/mol. The summed E-state index contributed by atoms with van der Waals surface area (Å²) in [6.07, 6.45) is 2.60. The Hall–Kier alpha value is -1.24. The molecule has 0 aliphatic carbocycles. The Morgan fingerprint density at radius 2 is 2.05 bits per heavy atom. The minimum absolute atomic E-state index is 0.425. The molecule has 108 valence electrons. The maximum absolute atomic E-state index is 5.47. The SMILES string of the molecule is CNCc1cnc(OCCCOCCOC)nc1C. The Labute approximate surface area is 114 Å². The maximum Gasteiger partial charge on any atom is 0.316 e. The number of methoxy groups -OCH3 is 1. The first-order valence-corrected chi connectivity index (χ1v) is 6.44. The van der Waals surface area contributed by atoms with Gasteiger partial charge in [-0.3, -0.25) is 0 Å². The number of nitrogens with one attached hydrogen (secondary N) is 1. The van der Waals surface area contributed by atoms with Crippen molar-refractivity contribution in [2.75, 3.05) is 40.6 Å². The fourth-order valence-corrected chi connectivity index (χ4v) is 1.47.